The minimum absolute atomic E-state index is 0.126. The third-order valence-electron chi connectivity index (χ3n) is 2.77. The maximum Gasteiger partial charge on any atom is 0.0874 e. The predicted octanol–water partition coefficient (Wildman–Crippen LogP) is 1.65. The highest BCUT2D eigenvalue weighted by molar-refractivity contribution is 5.75. The number of nitrogens with zero attached hydrogens (tertiary/aromatic N) is 1. The molecule has 1 atom stereocenters. The van der Waals surface area contributed by atoms with Crippen LogP contribution < -0.4 is 10.6 Å². The normalized spacial score (nSPS) is 16.1. The van der Waals surface area contributed by atoms with Gasteiger partial charge in [-0.15, -0.1) is 6.42 Å². The number of hydrogen-bond acceptors (Lipinski definition) is 2. The Hall–Kier alpha value is -1.62. The first-order valence-electron chi connectivity index (χ1n) is 4.84. The van der Waals surface area contributed by atoms with Gasteiger partial charge in [-0.1, -0.05) is 18.1 Å². The van der Waals surface area contributed by atoms with Crippen molar-refractivity contribution in [3.63, 3.8) is 0 Å². The van der Waals surface area contributed by atoms with Crippen LogP contribution in [0.1, 0.15) is 12.5 Å². The van der Waals surface area contributed by atoms with Crippen LogP contribution >= 0.6 is 0 Å². The Morgan fingerprint density at radius 2 is 2.36 bits per heavy atom. The number of para-hydroxylation sites is 1. The van der Waals surface area contributed by atoms with E-state index >= 15 is 0 Å². The van der Waals surface area contributed by atoms with Gasteiger partial charge in [0.25, 0.3) is 0 Å². The van der Waals surface area contributed by atoms with Gasteiger partial charge in [-0.05, 0) is 25.0 Å². The second kappa shape index (κ2) is 3.26. The predicted molar refractivity (Wildman–Crippen MR) is 60.2 cm³/mol. The molecule has 72 valence electrons. The lowest BCUT2D eigenvalue weighted by Gasteiger charge is -2.24. The van der Waals surface area contributed by atoms with Crippen LogP contribution in [0.4, 0.5) is 11.4 Å². The zero-order valence-corrected chi connectivity index (χ0v) is 8.33. The van der Waals surface area contributed by atoms with Gasteiger partial charge < -0.3 is 10.6 Å². The number of benzene rings is 1. The second-order valence-electron chi connectivity index (χ2n) is 3.64. The first-order valence-corrected chi connectivity index (χ1v) is 4.84. The molecule has 0 aromatic heterocycles. The molecule has 0 saturated heterocycles. The van der Waals surface area contributed by atoms with E-state index < -0.39 is 0 Å². The molecule has 1 aliphatic heterocycles. The third-order valence-corrected chi connectivity index (χ3v) is 2.77. The Labute approximate surface area is 84.7 Å². The molecule has 1 aromatic carbocycles. The van der Waals surface area contributed by atoms with Crippen LogP contribution in [0.3, 0.4) is 0 Å². The Morgan fingerprint density at radius 3 is 3.07 bits per heavy atom. The Morgan fingerprint density at radius 1 is 1.57 bits per heavy atom. The van der Waals surface area contributed by atoms with Gasteiger partial charge in [0.1, 0.15) is 0 Å². The molecule has 0 amide bonds. The molecule has 0 radical (unpaired) electrons. The zero-order chi connectivity index (χ0) is 10.1. The third kappa shape index (κ3) is 1.22. The zero-order valence-electron chi connectivity index (χ0n) is 8.33. The Bertz CT molecular complexity index is 390. The van der Waals surface area contributed by atoms with Crippen molar-refractivity contribution in [2.45, 2.75) is 19.4 Å². The van der Waals surface area contributed by atoms with Gasteiger partial charge in [0, 0.05) is 6.54 Å². The van der Waals surface area contributed by atoms with Crippen molar-refractivity contribution < 1.29 is 0 Å². The summed E-state index contributed by atoms with van der Waals surface area (Å²) >= 11 is 0. The summed E-state index contributed by atoms with van der Waals surface area (Å²) in [7, 11) is 0. The van der Waals surface area contributed by atoms with Gasteiger partial charge in [-0.3, -0.25) is 0 Å². The maximum absolute atomic E-state index is 5.94. The highest BCUT2D eigenvalue weighted by atomic mass is 15.2. The summed E-state index contributed by atoms with van der Waals surface area (Å²) in [5, 5.41) is 0. The number of fused-ring (bicyclic) bond motifs is 1. The minimum atomic E-state index is 0.126. The molecule has 2 heteroatoms. The standard InChI is InChI=1S/C12H14N2/c1-3-9(2)14-8-7-10-5-4-6-11(13)12(10)14/h1,4-6,9H,7-8,13H2,2H3. The van der Waals surface area contributed by atoms with Gasteiger partial charge in [0.05, 0.1) is 17.4 Å². The van der Waals surface area contributed by atoms with Crippen LogP contribution in [0.5, 0.6) is 0 Å². The average molecular weight is 186 g/mol. The van der Waals surface area contributed by atoms with E-state index in [9.17, 15) is 0 Å². The number of anilines is 2. The fourth-order valence-corrected chi connectivity index (χ4v) is 1.99. The number of hydrogen-bond donors (Lipinski definition) is 1. The van der Waals surface area contributed by atoms with Crippen LogP contribution in [0.25, 0.3) is 0 Å². The van der Waals surface area contributed by atoms with Crippen LogP contribution in [-0.4, -0.2) is 12.6 Å². The van der Waals surface area contributed by atoms with E-state index in [0.29, 0.717) is 0 Å². The topological polar surface area (TPSA) is 29.3 Å². The summed E-state index contributed by atoms with van der Waals surface area (Å²) in [6.07, 6.45) is 6.47. The molecular formula is C12H14N2. The lowest BCUT2D eigenvalue weighted by atomic mass is 10.1. The molecule has 1 aliphatic rings. The van der Waals surface area contributed by atoms with Crippen molar-refractivity contribution in [2.24, 2.45) is 0 Å². The minimum Gasteiger partial charge on any atom is -0.397 e. The largest absolute Gasteiger partial charge is 0.397 e. The quantitative estimate of drug-likeness (QED) is 0.534. The number of rotatable bonds is 1. The molecule has 2 rings (SSSR count). The van der Waals surface area contributed by atoms with Crippen molar-refractivity contribution in [3.8, 4) is 12.3 Å². The average Bonchev–Trinajstić information content (AvgIpc) is 2.62. The molecule has 2 N–H and O–H groups in total. The lowest BCUT2D eigenvalue weighted by molar-refractivity contribution is 0.783. The van der Waals surface area contributed by atoms with Gasteiger partial charge in [0.15, 0.2) is 0 Å². The Balaban J connectivity index is 2.44. The Kier molecular flexibility index (Phi) is 2.09. The van der Waals surface area contributed by atoms with E-state index in [-0.39, 0.29) is 6.04 Å². The molecule has 14 heavy (non-hydrogen) atoms. The number of nitrogen functional groups attached to an aromatic ring is 1. The summed E-state index contributed by atoms with van der Waals surface area (Å²) in [6, 6.07) is 6.18. The summed E-state index contributed by atoms with van der Waals surface area (Å²) in [5.41, 5.74) is 9.23. The molecule has 0 aliphatic carbocycles. The summed E-state index contributed by atoms with van der Waals surface area (Å²) in [5.74, 6) is 2.75. The lowest BCUT2D eigenvalue weighted by Crippen LogP contribution is -2.30. The fraction of sp³-hybridized carbons (Fsp3) is 0.333. The maximum atomic E-state index is 5.94. The van der Waals surface area contributed by atoms with E-state index in [2.05, 4.69) is 16.9 Å². The molecule has 1 aromatic rings. The van der Waals surface area contributed by atoms with Crippen molar-refractivity contribution >= 4 is 11.4 Å². The van der Waals surface area contributed by atoms with Crippen molar-refractivity contribution in [1.29, 1.82) is 0 Å². The fourth-order valence-electron chi connectivity index (χ4n) is 1.99. The second-order valence-corrected chi connectivity index (χ2v) is 3.64. The summed E-state index contributed by atoms with van der Waals surface area (Å²) in [4.78, 5) is 2.20. The van der Waals surface area contributed by atoms with Crippen molar-refractivity contribution in [1.82, 2.24) is 0 Å². The molecule has 2 nitrogen and oxygen atoms in total. The molecule has 0 saturated carbocycles. The summed E-state index contributed by atoms with van der Waals surface area (Å²) in [6.45, 7) is 3.01. The molecule has 0 spiro atoms. The van der Waals surface area contributed by atoms with E-state index in [4.69, 9.17) is 12.2 Å². The molecular weight excluding hydrogens is 172 g/mol. The first-order chi connectivity index (χ1) is 6.74. The van der Waals surface area contributed by atoms with Crippen molar-refractivity contribution in [2.75, 3.05) is 17.2 Å². The molecule has 0 bridgehead atoms. The first kappa shape index (κ1) is 8.96. The number of terminal acetylenes is 1. The number of nitrogens with two attached hydrogens (primary N) is 1. The molecule has 1 heterocycles. The smallest absolute Gasteiger partial charge is 0.0874 e. The van der Waals surface area contributed by atoms with E-state index in [1.807, 2.05) is 19.1 Å². The molecule has 1 unspecified atom stereocenters. The van der Waals surface area contributed by atoms with Gasteiger partial charge in [-0.25, -0.2) is 0 Å². The van der Waals surface area contributed by atoms with Crippen LogP contribution in [-0.2, 0) is 6.42 Å². The van der Waals surface area contributed by atoms with Gasteiger partial charge in [-0.2, -0.15) is 0 Å². The van der Waals surface area contributed by atoms with Crippen LogP contribution in [0, 0.1) is 12.3 Å². The van der Waals surface area contributed by atoms with Crippen LogP contribution in [0.15, 0.2) is 18.2 Å². The molecule has 0 fully saturated rings. The SMILES string of the molecule is C#CC(C)N1CCc2cccc(N)c21. The van der Waals surface area contributed by atoms with Crippen molar-refractivity contribution in [3.05, 3.63) is 23.8 Å². The monoisotopic (exact) mass is 186 g/mol. The van der Waals surface area contributed by atoms with Gasteiger partial charge >= 0.3 is 0 Å². The van der Waals surface area contributed by atoms with E-state index in [0.717, 1.165) is 24.3 Å². The van der Waals surface area contributed by atoms with Gasteiger partial charge in [0.2, 0.25) is 0 Å². The van der Waals surface area contributed by atoms with E-state index in [1.54, 1.807) is 0 Å². The summed E-state index contributed by atoms with van der Waals surface area (Å²) < 4.78 is 0. The van der Waals surface area contributed by atoms with E-state index in [1.165, 1.54) is 5.56 Å². The highest BCUT2D eigenvalue weighted by Crippen LogP contribution is 2.34. The highest BCUT2D eigenvalue weighted by Gasteiger charge is 2.23. The van der Waals surface area contributed by atoms with Crippen LogP contribution in [0.2, 0.25) is 0 Å².